The highest BCUT2D eigenvalue weighted by Crippen LogP contribution is 2.29. The van der Waals surface area contributed by atoms with Gasteiger partial charge in [-0.15, -0.1) is 0 Å². The molecule has 1 aromatic carbocycles. The van der Waals surface area contributed by atoms with Gasteiger partial charge in [-0.3, -0.25) is 4.79 Å². The summed E-state index contributed by atoms with van der Waals surface area (Å²) >= 11 is 9.43. The molecule has 2 rings (SSSR count). The van der Waals surface area contributed by atoms with Gasteiger partial charge in [0.1, 0.15) is 0 Å². The normalized spacial score (nSPS) is 18.8. The third kappa shape index (κ3) is 2.87. The first-order chi connectivity index (χ1) is 8.41. The Kier molecular flexibility index (Phi) is 3.99. The van der Waals surface area contributed by atoms with Crippen molar-refractivity contribution in [3.8, 4) is 0 Å². The molecule has 0 saturated carbocycles. The molecular weight excluding hydrogens is 318 g/mol. The van der Waals surface area contributed by atoms with Gasteiger partial charge in [-0.25, -0.2) is 0 Å². The number of amides is 1. The summed E-state index contributed by atoms with van der Waals surface area (Å²) in [5.41, 5.74) is -0.148. The lowest BCUT2D eigenvalue weighted by Gasteiger charge is -2.35. The van der Waals surface area contributed by atoms with Gasteiger partial charge in [0.15, 0.2) is 0 Å². The zero-order valence-corrected chi connectivity index (χ0v) is 12.5. The number of rotatable bonds is 1. The molecule has 0 bridgehead atoms. The molecule has 1 amide bonds. The van der Waals surface area contributed by atoms with Crippen molar-refractivity contribution in [1.29, 1.82) is 0 Å². The molecule has 1 aliphatic rings. The predicted molar refractivity (Wildman–Crippen MR) is 74.9 cm³/mol. The number of aliphatic hydroxyl groups is 1. The molecule has 3 nitrogen and oxygen atoms in total. The smallest absolute Gasteiger partial charge is 0.255 e. The Morgan fingerprint density at radius 2 is 2.06 bits per heavy atom. The second kappa shape index (κ2) is 5.19. The van der Waals surface area contributed by atoms with Gasteiger partial charge in [0.2, 0.25) is 0 Å². The average molecular weight is 333 g/mol. The van der Waals surface area contributed by atoms with E-state index in [1.807, 2.05) is 0 Å². The number of halogens is 2. The van der Waals surface area contributed by atoms with E-state index >= 15 is 0 Å². The van der Waals surface area contributed by atoms with Gasteiger partial charge in [-0.2, -0.15) is 0 Å². The van der Waals surface area contributed by atoms with Crippen LogP contribution in [0.15, 0.2) is 22.7 Å². The van der Waals surface area contributed by atoms with E-state index in [0.29, 0.717) is 36.5 Å². The van der Waals surface area contributed by atoms with Crippen LogP contribution in [0.25, 0.3) is 0 Å². The minimum atomic E-state index is -0.655. The third-order valence-electron chi connectivity index (χ3n) is 3.31. The van der Waals surface area contributed by atoms with Crippen LogP contribution in [0.1, 0.15) is 30.1 Å². The average Bonchev–Trinajstić information content (AvgIpc) is 2.32. The molecule has 1 saturated heterocycles. The van der Waals surface area contributed by atoms with Crippen molar-refractivity contribution in [1.82, 2.24) is 4.90 Å². The highest BCUT2D eigenvalue weighted by Gasteiger charge is 2.30. The van der Waals surface area contributed by atoms with Gasteiger partial charge in [0.25, 0.3) is 5.91 Å². The highest BCUT2D eigenvalue weighted by atomic mass is 79.9. The monoisotopic (exact) mass is 331 g/mol. The summed E-state index contributed by atoms with van der Waals surface area (Å²) in [6.07, 6.45) is 1.20. The Morgan fingerprint density at radius 3 is 2.67 bits per heavy atom. The molecule has 0 aromatic heterocycles. The summed E-state index contributed by atoms with van der Waals surface area (Å²) in [6.45, 7) is 2.93. The van der Waals surface area contributed by atoms with E-state index in [0.717, 1.165) is 4.47 Å². The molecule has 1 aromatic rings. The van der Waals surface area contributed by atoms with Crippen LogP contribution in [0.5, 0.6) is 0 Å². The van der Waals surface area contributed by atoms with Crippen molar-refractivity contribution >= 4 is 33.4 Å². The largest absolute Gasteiger partial charge is 0.390 e. The van der Waals surface area contributed by atoms with Crippen LogP contribution in [-0.2, 0) is 0 Å². The van der Waals surface area contributed by atoms with Gasteiger partial charge in [-0.05, 0) is 47.8 Å². The standard InChI is InChI=1S/C13H15BrClNO2/c1-13(18)5-7-16(8-6-13)12(17)9-3-2-4-10(14)11(9)15/h2-4,18H,5-8H2,1H3. The van der Waals surface area contributed by atoms with Crippen molar-refractivity contribution in [2.75, 3.05) is 13.1 Å². The molecular formula is C13H15BrClNO2. The number of carbonyl (C=O) groups is 1. The van der Waals surface area contributed by atoms with E-state index in [1.54, 1.807) is 30.0 Å². The molecule has 0 aliphatic carbocycles. The van der Waals surface area contributed by atoms with Crippen LogP contribution in [0.3, 0.4) is 0 Å². The maximum absolute atomic E-state index is 12.3. The minimum absolute atomic E-state index is 0.0724. The molecule has 1 fully saturated rings. The number of hydrogen-bond donors (Lipinski definition) is 1. The number of nitrogens with zero attached hydrogens (tertiary/aromatic N) is 1. The molecule has 0 atom stereocenters. The van der Waals surface area contributed by atoms with Gasteiger partial charge >= 0.3 is 0 Å². The molecule has 18 heavy (non-hydrogen) atoms. The molecule has 0 spiro atoms. The summed E-state index contributed by atoms with van der Waals surface area (Å²) in [4.78, 5) is 14.1. The number of benzene rings is 1. The summed E-state index contributed by atoms with van der Waals surface area (Å²) in [6, 6.07) is 5.32. The Morgan fingerprint density at radius 1 is 1.44 bits per heavy atom. The van der Waals surface area contributed by atoms with Crippen molar-refractivity contribution in [2.45, 2.75) is 25.4 Å². The maximum Gasteiger partial charge on any atom is 0.255 e. The first-order valence-electron chi connectivity index (χ1n) is 5.86. The predicted octanol–water partition coefficient (Wildman–Crippen LogP) is 3.09. The summed E-state index contributed by atoms with van der Waals surface area (Å²) in [5, 5.41) is 10.3. The lowest BCUT2D eigenvalue weighted by molar-refractivity contribution is -0.00201. The SMILES string of the molecule is CC1(O)CCN(C(=O)c2cccc(Br)c2Cl)CC1. The molecule has 5 heteroatoms. The Labute approximate surface area is 120 Å². The number of carbonyl (C=O) groups excluding carboxylic acids is 1. The number of piperidine rings is 1. The quantitative estimate of drug-likeness (QED) is 0.858. The number of likely N-dealkylation sites (tertiary alicyclic amines) is 1. The molecule has 1 N–H and O–H groups in total. The van der Waals surface area contributed by atoms with Crippen LogP contribution in [0, 0.1) is 0 Å². The fourth-order valence-electron chi connectivity index (χ4n) is 2.03. The van der Waals surface area contributed by atoms with Crippen molar-refractivity contribution in [3.63, 3.8) is 0 Å². The molecule has 0 unspecified atom stereocenters. The van der Waals surface area contributed by atoms with Crippen LogP contribution in [-0.4, -0.2) is 34.6 Å². The van der Waals surface area contributed by atoms with Crippen LogP contribution < -0.4 is 0 Å². The van der Waals surface area contributed by atoms with E-state index < -0.39 is 5.60 Å². The van der Waals surface area contributed by atoms with Crippen LogP contribution in [0.4, 0.5) is 0 Å². The van der Waals surface area contributed by atoms with Crippen molar-refractivity contribution < 1.29 is 9.90 Å². The van der Waals surface area contributed by atoms with Gasteiger partial charge in [0, 0.05) is 17.6 Å². The highest BCUT2D eigenvalue weighted by molar-refractivity contribution is 9.10. The van der Waals surface area contributed by atoms with Crippen LogP contribution >= 0.6 is 27.5 Å². The van der Waals surface area contributed by atoms with Crippen LogP contribution in [0.2, 0.25) is 5.02 Å². The third-order valence-corrected chi connectivity index (χ3v) is 4.61. The summed E-state index contributed by atoms with van der Waals surface area (Å²) in [7, 11) is 0. The second-order valence-corrected chi connectivity index (χ2v) is 6.12. The lowest BCUT2D eigenvalue weighted by atomic mass is 9.93. The van der Waals surface area contributed by atoms with E-state index in [1.165, 1.54) is 0 Å². The van der Waals surface area contributed by atoms with Gasteiger partial charge in [-0.1, -0.05) is 17.7 Å². The van der Waals surface area contributed by atoms with E-state index in [-0.39, 0.29) is 5.91 Å². The molecule has 1 heterocycles. The minimum Gasteiger partial charge on any atom is -0.390 e. The topological polar surface area (TPSA) is 40.5 Å². The Bertz CT molecular complexity index is 466. The Balaban J connectivity index is 2.15. The van der Waals surface area contributed by atoms with E-state index in [4.69, 9.17) is 11.6 Å². The van der Waals surface area contributed by atoms with E-state index in [2.05, 4.69) is 15.9 Å². The fraction of sp³-hybridized carbons (Fsp3) is 0.462. The fourth-order valence-corrected chi connectivity index (χ4v) is 2.60. The van der Waals surface area contributed by atoms with Gasteiger partial charge in [0.05, 0.1) is 16.2 Å². The zero-order chi connectivity index (χ0) is 13.3. The summed E-state index contributed by atoms with van der Waals surface area (Å²) in [5.74, 6) is -0.0724. The Hall–Kier alpha value is -0.580. The molecule has 0 radical (unpaired) electrons. The number of hydrogen-bond acceptors (Lipinski definition) is 2. The first-order valence-corrected chi connectivity index (χ1v) is 7.03. The zero-order valence-electron chi connectivity index (χ0n) is 10.1. The second-order valence-electron chi connectivity index (χ2n) is 4.89. The van der Waals surface area contributed by atoms with Gasteiger partial charge < -0.3 is 10.0 Å². The summed E-state index contributed by atoms with van der Waals surface area (Å²) < 4.78 is 0.721. The van der Waals surface area contributed by atoms with Crippen molar-refractivity contribution in [3.05, 3.63) is 33.3 Å². The first kappa shape index (κ1) is 13.8. The van der Waals surface area contributed by atoms with E-state index in [9.17, 15) is 9.90 Å². The maximum atomic E-state index is 12.3. The molecule has 1 aliphatic heterocycles. The lowest BCUT2D eigenvalue weighted by Crippen LogP contribution is -2.45. The van der Waals surface area contributed by atoms with Crippen molar-refractivity contribution in [2.24, 2.45) is 0 Å². The molecule has 98 valence electrons.